The van der Waals surface area contributed by atoms with Gasteiger partial charge in [0.15, 0.2) is 5.78 Å². The highest BCUT2D eigenvalue weighted by Crippen LogP contribution is 2.14. The number of nitrogens with two attached hydrogens (primary N) is 1. The van der Waals surface area contributed by atoms with Gasteiger partial charge in [-0.05, 0) is 37.6 Å². The van der Waals surface area contributed by atoms with Gasteiger partial charge in [-0.1, -0.05) is 6.07 Å². The molecule has 4 nitrogen and oxygen atoms in total. The summed E-state index contributed by atoms with van der Waals surface area (Å²) >= 11 is 0. The maximum absolute atomic E-state index is 11.9. The number of carbonyl (C=O) groups is 1. The maximum atomic E-state index is 11.9. The van der Waals surface area contributed by atoms with Crippen LogP contribution < -0.4 is 5.73 Å². The van der Waals surface area contributed by atoms with Crippen molar-refractivity contribution >= 4 is 5.78 Å². The second-order valence-corrected chi connectivity index (χ2v) is 4.26. The molecule has 86 valence electrons. The molecule has 1 aliphatic heterocycles. The number of pyridine rings is 1. The maximum Gasteiger partial charge on any atom is 0.195 e. The summed E-state index contributed by atoms with van der Waals surface area (Å²) < 4.78 is 0. The summed E-state index contributed by atoms with van der Waals surface area (Å²) in [5.41, 5.74) is 6.17. The van der Waals surface area contributed by atoms with E-state index in [1.807, 2.05) is 12.1 Å². The van der Waals surface area contributed by atoms with Crippen LogP contribution in [0.25, 0.3) is 0 Å². The number of hydrogen-bond donors (Lipinski definition) is 1. The molecule has 1 atom stereocenters. The number of Topliss-reactive ketones (excluding diaryl/α,β-unsaturated/α-hetero) is 1. The Kier molecular flexibility index (Phi) is 3.64. The Hall–Kier alpha value is -1.26. The third-order valence-electron chi connectivity index (χ3n) is 3.02. The van der Waals surface area contributed by atoms with Crippen molar-refractivity contribution in [2.75, 3.05) is 26.2 Å². The SMILES string of the molecule is NC[C@H]1CCN(CC(=O)c2ccccn2)C1. The van der Waals surface area contributed by atoms with Crippen molar-refractivity contribution in [3.63, 3.8) is 0 Å². The Bertz CT molecular complexity index is 353. The third kappa shape index (κ3) is 2.65. The van der Waals surface area contributed by atoms with Gasteiger partial charge in [0.2, 0.25) is 0 Å². The van der Waals surface area contributed by atoms with Crippen LogP contribution in [0.3, 0.4) is 0 Å². The van der Waals surface area contributed by atoms with Gasteiger partial charge in [0.05, 0.1) is 6.54 Å². The Morgan fingerprint density at radius 1 is 1.56 bits per heavy atom. The lowest BCUT2D eigenvalue weighted by Crippen LogP contribution is -2.29. The Morgan fingerprint density at radius 2 is 2.44 bits per heavy atom. The second kappa shape index (κ2) is 5.18. The smallest absolute Gasteiger partial charge is 0.195 e. The molecule has 0 unspecified atom stereocenters. The number of rotatable bonds is 4. The van der Waals surface area contributed by atoms with Gasteiger partial charge in [-0.25, -0.2) is 0 Å². The van der Waals surface area contributed by atoms with Crippen molar-refractivity contribution in [1.29, 1.82) is 0 Å². The Balaban J connectivity index is 1.89. The minimum atomic E-state index is 0.0956. The van der Waals surface area contributed by atoms with Crippen LogP contribution in [0.15, 0.2) is 24.4 Å². The standard InChI is InChI=1S/C12H17N3O/c13-7-10-4-6-15(8-10)9-12(16)11-3-1-2-5-14-11/h1-3,5,10H,4,6-9,13H2/t10-/m1/s1. The lowest BCUT2D eigenvalue weighted by Gasteiger charge is -2.13. The van der Waals surface area contributed by atoms with E-state index in [2.05, 4.69) is 9.88 Å². The van der Waals surface area contributed by atoms with E-state index >= 15 is 0 Å². The molecule has 1 aromatic heterocycles. The van der Waals surface area contributed by atoms with Crippen LogP contribution in [0.4, 0.5) is 0 Å². The van der Waals surface area contributed by atoms with Gasteiger partial charge >= 0.3 is 0 Å². The quantitative estimate of drug-likeness (QED) is 0.751. The first kappa shape index (κ1) is 11.2. The number of likely N-dealkylation sites (tertiary alicyclic amines) is 1. The van der Waals surface area contributed by atoms with Crippen LogP contribution in [0, 0.1) is 5.92 Å². The second-order valence-electron chi connectivity index (χ2n) is 4.26. The van der Waals surface area contributed by atoms with Gasteiger partial charge in [-0.3, -0.25) is 14.7 Å². The Morgan fingerprint density at radius 3 is 3.06 bits per heavy atom. The Labute approximate surface area is 95.5 Å². The average molecular weight is 219 g/mol. The number of aromatic nitrogens is 1. The van der Waals surface area contributed by atoms with E-state index in [1.165, 1.54) is 0 Å². The molecule has 0 bridgehead atoms. The molecule has 2 N–H and O–H groups in total. The third-order valence-corrected chi connectivity index (χ3v) is 3.02. The van der Waals surface area contributed by atoms with Crippen LogP contribution in [-0.4, -0.2) is 41.8 Å². The fourth-order valence-corrected chi connectivity index (χ4v) is 2.06. The topological polar surface area (TPSA) is 59.2 Å². The predicted molar refractivity (Wildman–Crippen MR) is 62.2 cm³/mol. The molecule has 2 heterocycles. The van der Waals surface area contributed by atoms with Gasteiger partial charge in [0.1, 0.15) is 5.69 Å². The first-order valence-corrected chi connectivity index (χ1v) is 5.66. The zero-order valence-electron chi connectivity index (χ0n) is 9.30. The van der Waals surface area contributed by atoms with Crippen LogP contribution >= 0.6 is 0 Å². The number of ketones is 1. The average Bonchev–Trinajstić information content (AvgIpc) is 2.78. The minimum Gasteiger partial charge on any atom is -0.330 e. The normalized spacial score (nSPS) is 21.2. The highest BCUT2D eigenvalue weighted by Gasteiger charge is 2.23. The summed E-state index contributed by atoms with van der Waals surface area (Å²) in [5.74, 6) is 0.648. The zero-order chi connectivity index (χ0) is 11.4. The van der Waals surface area contributed by atoms with Gasteiger partial charge in [-0.2, -0.15) is 0 Å². The highest BCUT2D eigenvalue weighted by atomic mass is 16.1. The minimum absolute atomic E-state index is 0.0956. The van der Waals surface area contributed by atoms with E-state index < -0.39 is 0 Å². The van der Waals surface area contributed by atoms with E-state index in [0.29, 0.717) is 24.7 Å². The largest absolute Gasteiger partial charge is 0.330 e. The van der Waals surface area contributed by atoms with E-state index in [-0.39, 0.29) is 5.78 Å². The van der Waals surface area contributed by atoms with E-state index in [9.17, 15) is 4.79 Å². The summed E-state index contributed by atoms with van der Waals surface area (Å²) in [4.78, 5) is 18.1. The van der Waals surface area contributed by atoms with Crippen LogP contribution in [0.2, 0.25) is 0 Å². The van der Waals surface area contributed by atoms with Crippen LogP contribution in [0.1, 0.15) is 16.9 Å². The van der Waals surface area contributed by atoms with E-state index in [4.69, 9.17) is 5.73 Å². The fourth-order valence-electron chi connectivity index (χ4n) is 2.06. The van der Waals surface area contributed by atoms with Crippen molar-refractivity contribution in [2.45, 2.75) is 6.42 Å². The molecule has 2 rings (SSSR count). The number of nitrogens with zero attached hydrogens (tertiary/aromatic N) is 2. The van der Waals surface area contributed by atoms with Crippen molar-refractivity contribution in [1.82, 2.24) is 9.88 Å². The van der Waals surface area contributed by atoms with Gasteiger partial charge in [0.25, 0.3) is 0 Å². The van der Waals surface area contributed by atoms with E-state index in [0.717, 1.165) is 19.5 Å². The fraction of sp³-hybridized carbons (Fsp3) is 0.500. The summed E-state index contributed by atoms with van der Waals surface area (Å²) in [6, 6.07) is 5.42. The molecule has 0 spiro atoms. The highest BCUT2D eigenvalue weighted by molar-refractivity contribution is 5.95. The molecule has 0 amide bonds. The van der Waals surface area contributed by atoms with Gasteiger partial charge in [-0.15, -0.1) is 0 Å². The molecule has 1 aromatic rings. The summed E-state index contributed by atoms with van der Waals surface area (Å²) in [6.07, 6.45) is 2.76. The van der Waals surface area contributed by atoms with Crippen molar-refractivity contribution in [3.05, 3.63) is 30.1 Å². The molecule has 0 radical (unpaired) electrons. The molecule has 16 heavy (non-hydrogen) atoms. The predicted octanol–water partition coefficient (Wildman–Crippen LogP) is 0.545. The summed E-state index contributed by atoms with van der Waals surface area (Å²) in [6.45, 7) is 3.09. The van der Waals surface area contributed by atoms with Crippen LogP contribution in [0.5, 0.6) is 0 Å². The molecule has 1 aliphatic rings. The van der Waals surface area contributed by atoms with Gasteiger partial charge < -0.3 is 5.73 Å². The zero-order valence-corrected chi connectivity index (χ0v) is 9.30. The molecular weight excluding hydrogens is 202 g/mol. The van der Waals surface area contributed by atoms with Crippen LogP contribution in [-0.2, 0) is 0 Å². The van der Waals surface area contributed by atoms with E-state index in [1.54, 1.807) is 12.3 Å². The lowest BCUT2D eigenvalue weighted by molar-refractivity contribution is 0.0938. The molecule has 4 heteroatoms. The summed E-state index contributed by atoms with van der Waals surface area (Å²) in [7, 11) is 0. The first-order valence-electron chi connectivity index (χ1n) is 5.66. The first-order chi connectivity index (χ1) is 7.79. The molecule has 0 saturated carbocycles. The summed E-state index contributed by atoms with van der Waals surface area (Å²) in [5, 5.41) is 0. The molecule has 1 fully saturated rings. The van der Waals surface area contributed by atoms with Gasteiger partial charge in [0, 0.05) is 12.7 Å². The molecule has 1 saturated heterocycles. The molecule has 0 aliphatic carbocycles. The van der Waals surface area contributed by atoms with Crippen molar-refractivity contribution in [3.8, 4) is 0 Å². The van der Waals surface area contributed by atoms with Crippen molar-refractivity contribution < 1.29 is 4.79 Å². The van der Waals surface area contributed by atoms with Crippen molar-refractivity contribution in [2.24, 2.45) is 11.7 Å². The molecular formula is C12H17N3O. The number of carbonyl (C=O) groups excluding carboxylic acids is 1. The molecule has 0 aromatic carbocycles. The lowest BCUT2D eigenvalue weighted by atomic mass is 10.1. The number of hydrogen-bond acceptors (Lipinski definition) is 4. The monoisotopic (exact) mass is 219 g/mol.